The standard InChI is InChI=1S/C56H88O6/c1-4-7-10-13-16-19-22-25-27-28-29-32-34-37-40-43-46-49-55(58)61-52-53(51-60-54(57)48-45-42-39-36-33-30-24-21-18-15-12-9-6-3)62-56(59)50-47-44-41-38-35-31-26-23-20-17-14-11-8-5-2/h8-9,11-12,15-21,24-27,29,31-32,37,40,53H,4-7,10,13-14,22-23,28,30,33-36,38-39,41-52H2,1-3H3/b11-8+,12-9+,18-15+,19-16+,20-17+,24-21+,27-25+,31-26+,32-29+,40-37+. The zero-order valence-electron chi connectivity index (χ0n) is 39.6. The van der Waals surface area contributed by atoms with E-state index in [2.05, 4.69) is 136 Å². The first kappa shape index (κ1) is 57.8. The van der Waals surface area contributed by atoms with Crippen LogP contribution in [0.15, 0.2) is 122 Å². The molecule has 0 aromatic rings. The van der Waals surface area contributed by atoms with Gasteiger partial charge in [-0.15, -0.1) is 0 Å². The highest BCUT2D eigenvalue weighted by Crippen LogP contribution is 2.12. The third-order valence-electron chi connectivity index (χ3n) is 9.74. The molecule has 0 N–H and O–H groups in total. The summed E-state index contributed by atoms with van der Waals surface area (Å²) in [5.41, 5.74) is 0. The van der Waals surface area contributed by atoms with Crippen LogP contribution in [0.3, 0.4) is 0 Å². The molecule has 0 spiro atoms. The van der Waals surface area contributed by atoms with Gasteiger partial charge in [0.05, 0.1) is 0 Å². The van der Waals surface area contributed by atoms with Crippen molar-refractivity contribution in [3.05, 3.63) is 122 Å². The summed E-state index contributed by atoms with van der Waals surface area (Å²) in [6.45, 7) is 6.25. The molecule has 0 aliphatic carbocycles. The van der Waals surface area contributed by atoms with Gasteiger partial charge >= 0.3 is 17.9 Å². The van der Waals surface area contributed by atoms with E-state index in [-0.39, 0.29) is 44.0 Å². The van der Waals surface area contributed by atoms with Crippen molar-refractivity contribution in [2.45, 2.75) is 200 Å². The minimum absolute atomic E-state index is 0.119. The Bertz CT molecular complexity index is 1350. The van der Waals surface area contributed by atoms with E-state index in [0.29, 0.717) is 12.8 Å². The Hall–Kier alpha value is -4.19. The minimum Gasteiger partial charge on any atom is -0.462 e. The molecule has 0 aliphatic heterocycles. The van der Waals surface area contributed by atoms with Crippen molar-refractivity contribution in [3.63, 3.8) is 0 Å². The van der Waals surface area contributed by atoms with Crippen LogP contribution in [-0.4, -0.2) is 37.2 Å². The first-order valence-electron chi connectivity index (χ1n) is 24.6. The Kier molecular flexibility index (Phi) is 46.1. The van der Waals surface area contributed by atoms with Gasteiger partial charge in [-0.2, -0.15) is 0 Å². The molecule has 0 saturated heterocycles. The first-order valence-corrected chi connectivity index (χ1v) is 24.6. The summed E-state index contributed by atoms with van der Waals surface area (Å²) < 4.78 is 16.7. The fourth-order valence-corrected chi connectivity index (χ4v) is 6.09. The Morgan fingerprint density at radius 3 is 1.23 bits per heavy atom. The van der Waals surface area contributed by atoms with E-state index in [1.807, 2.05) is 6.08 Å². The number of ether oxygens (including phenoxy) is 3. The average molecular weight is 857 g/mol. The highest BCUT2D eigenvalue weighted by molar-refractivity contribution is 5.71. The van der Waals surface area contributed by atoms with Crippen LogP contribution in [0.2, 0.25) is 0 Å². The summed E-state index contributed by atoms with van der Waals surface area (Å²) in [6, 6.07) is 0. The van der Waals surface area contributed by atoms with Crippen molar-refractivity contribution < 1.29 is 28.6 Å². The molecule has 348 valence electrons. The van der Waals surface area contributed by atoms with Gasteiger partial charge in [0.2, 0.25) is 0 Å². The van der Waals surface area contributed by atoms with Gasteiger partial charge in [0.25, 0.3) is 0 Å². The molecule has 62 heavy (non-hydrogen) atoms. The van der Waals surface area contributed by atoms with Crippen LogP contribution in [0, 0.1) is 0 Å². The van der Waals surface area contributed by atoms with Gasteiger partial charge in [-0.3, -0.25) is 14.4 Å². The average Bonchev–Trinajstić information content (AvgIpc) is 3.27. The first-order chi connectivity index (χ1) is 30.5. The SMILES string of the molecule is CC/C=C/C=C/C=C/CCCCCCCC(=O)OCC(COC(=O)CCC/C=C/C/C=C/C/C=C/C/C=C/CCCCC)OC(=O)CCCCCC/C=C/C/C=C/C/C=C/CC. The topological polar surface area (TPSA) is 78.9 Å². The van der Waals surface area contributed by atoms with Crippen molar-refractivity contribution >= 4 is 17.9 Å². The minimum atomic E-state index is -0.823. The second-order valence-corrected chi connectivity index (χ2v) is 15.7. The Balaban J connectivity index is 4.56. The lowest BCUT2D eigenvalue weighted by Gasteiger charge is -2.18. The Morgan fingerprint density at radius 2 is 0.726 bits per heavy atom. The fourth-order valence-electron chi connectivity index (χ4n) is 6.09. The molecule has 6 heteroatoms. The van der Waals surface area contributed by atoms with E-state index >= 15 is 0 Å². The smallest absolute Gasteiger partial charge is 0.306 e. The highest BCUT2D eigenvalue weighted by atomic mass is 16.6. The quantitative estimate of drug-likeness (QED) is 0.0200. The normalized spacial score (nSPS) is 13.1. The molecule has 0 fully saturated rings. The maximum atomic E-state index is 12.8. The molecule has 0 heterocycles. The lowest BCUT2D eigenvalue weighted by Crippen LogP contribution is -2.30. The van der Waals surface area contributed by atoms with Crippen LogP contribution in [0.4, 0.5) is 0 Å². The molecule has 0 aromatic heterocycles. The van der Waals surface area contributed by atoms with Crippen LogP contribution in [0.1, 0.15) is 194 Å². The van der Waals surface area contributed by atoms with Crippen molar-refractivity contribution in [2.75, 3.05) is 13.2 Å². The van der Waals surface area contributed by atoms with Gasteiger partial charge < -0.3 is 14.2 Å². The monoisotopic (exact) mass is 857 g/mol. The second kappa shape index (κ2) is 49.5. The Morgan fingerprint density at radius 1 is 0.355 bits per heavy atom. The van der Waals surface area contributed by atoms with E-state index in [1.54, 1.807) is 0 Å². The predicted molar refractivity (Wildman–Crippen MR) is 265 cm³/mol. The van der Waals surface area contributed by atoms with Crippen molar-refractivity contribution in [2.24, 2.45) is 0 Å². The number of hydrogen-bond acceptors (Lipinski definition) is 6. The van der Waals surface area contributed by atoms with Gasteiger partial charge in [0.15, 0.2) is 6.10 Å². The van der Waals surface area contributed by atoms with Crippen molar-refractivity contribution in [3.8, 4) is 0 Å². The van der Waals surface area contributed by atoms with E-state index in [1.165, 1.54) is 25.7 Å². The molecule has 1 atom stereocenters. The molecule has 0 amide bonds. The van der Waals surface area contributed by atoms with Crippen molar-refractivity contribution in [1.82, 2.24) is 0 Å². The number of unbranched alkanes of at least 4 members (excludes halogenated alkanes) is 13. The number of carbonyl (C=O) groups excluding carboxylic acids is 3. The molecule has 0 saturated carbocycles. The number of rotatable bonds is 42. The maximum absolute atomic E-state index is 12.8. The lowest BCUT2D eigenvalue weighted by molar-refractivity contribution is -0.167. The van der Waals surface area contributed by atoms with Crippen LogP contribution in [-0.2, 0) is 28.6 Å². The Labute approximate surface area is 380 Å². The molecule has 0 rings (SSSR count). The van der Waals surface area contributed by atoms with E-state index in [9.17, 15) is 14.4 Å². The number of carbonyl (C=O) groups is 3. The maximum Gasteiger partial charge on any atom is 0.306 e. The largest absolute Gasteiger partial charge is 0.462 e. The van der Waals surface area contributed by atoms with Gasteiger partial charge in [0, 0.05) is 19.3 Å². The van der Waals surface area contributed by atoms with E-state index < -0.39 is 6.10 Å². The fraction of sp³-hybridized carbons (Fsp3) is 0.589. The summed E-state index contributed by atoms with van der Waals surface area (Å²) >= 11 is 0. The molecule has 0 aliphatic rings. The molecular weight excluding hydrogens is 769 g/mol. The van der Waals surface area contributed by atoms with Crippen LogP contribution >= 0.6 is 0 Å². The third kappa shape index (κ3) is 46.9. The van der Waals surface area contributed by atoms with Gasteiger partial charge in [-0.05, 0) is 109 Å². The molecule has 1 unspecified atom stereocenters. The molecular formula is C56H88O6. The molecule has 0 radical (unpaired) electrons. The van der Waals surface area contributed by atoms with E-state index in [4.69, 9.17) is 14.2 Å². The summed E-state index contributed by atoms with van der Waals surface area (Å²) in [5.74, 6) is -1.03. The number of esters is 3. The molecule has 0 bridgehead atoms. The number of allylic oxidation sites excluding steroid dienone is 20. The highest BCUT2D eigenvalue weighted by Gasteiger charge is 2.19. The summed E-state index contributed by atoms with van der Waals surface area (Å²) in [7, 11) is 0. The lowest BCUT2D eigenvalue weighted by atomic mass is 10.1. The zero-order chi connectivity index (χ0) is 45.1. The molecule has 6 nitrogen and oxygen atoms in total. The zero-order valence-corrected chi connectivity index (χ0v) is 39.6. The number of hydrogen-bond donors (Lipinski definition) is 0. The summed E-state index contributed by atoms with van der Waals surface area (Å²) in [6.07, 6.45) is 67.6. The van der Waals surface area contributed by atoms with Crippen molar-refractivity contribution in [1.29, 1.82) is 0 Å². The van der Waals surface area contributed by atoms with Crippen LogP contribution < -0.4 is 0 Å². The third-order valence-corrected chi connectivity index (χ3v) is 9.74. The van der Waals surface area contributed by atoms with E-state index in [0.717, 1.165) is 122 Å². The molecule has 0 aromatic carbocycles. The summed E-state index contributed by atoms with van der Waals surface area (Å²) in [5, 5.41) is 0. The second-order valence-electron chi connectivity index (χ2n) is 15.7. The predicted octanol–water partition coefficient (Wildman–Crippen LogP) is 16.1. The van der Waals surface area contributed by atoms with Crippen LogP contribution in [0.25, 0.3) is 0 Å². The van der Waals surface area contributed by atoms with Gasteiger partial charge in [-0.25, -0.2) is 0 Å². The van der Waals surface area contributed by atoms with Gasteiger partial charge in [-0.1, -0.05) is 187 Å². The van der Waals surface area contributed by atoms with Crippen LogP contribution in [0.5, 0.6) is 0 Å². The van der Waals surface area contributed by atoms with Gasteiger partial charge in [0.1, 0.15) is 13.2 Å². The summed E-state index contributed by atoms with van der Waals surface area (Å²) in [4.78, 5) is 37.9.